The van der Waals surface area contributed by atoms with E-state index in [1.807, 2.05) is 0 Å². The molecule has 0 spiro atoms. The van der Waals surface area contributed by atoms with Crippen molar-refractivity contribution >= 4 is 40.5 Å². The van der Waals surface area contributed by atoms with Crippen molar-refractivity contribution in [2.45, 2.75) is 51.6 Å². The van der Waals surface area contributed by atoms with Gasteiger partial charge in [-0.3, -0.25) is 14.9 Å². The second-order valence-corrected chi connectivity index (χ2v) is 8.34. The number of nitrogens with zero attached hydrogens (tertiary/aromatic N) is 3. The van der Waals surface area contributed by atoms with E-state index in [0.717, 1.165) is 32.1 Å². The molecule has 30 heavy (non-hydrogen) atoms. The van der Waals surface area contributed by atoms with Crippen LogP contribution in [0.4, 0.5) is 5.69 Å². The van der Waals surface area contributed by atoms with Crippen LogP contribution in [0.25, 0.3) is 0 Å². The van der Waals surface area contributed by atoms with Gasteiger partial charge in [-0.15, -0.1) is 11.3 Å². The number of carbonyl (C=O) groups excluding carboxylic acids is 2. The van der Waals surface area contributed by atoms with Gasteiger partial charge in [0.15, 0.2) is 5.69 Å². The molecule has 1 fully saturated rings. The lowest BCUT2D eigenvalue weighted by atomic mass is 9.93. The second-order valence-electron chi connectivity index (χ2n) is 6.99. The molecule has 0 N–H and O–H groups in total. The van der Waals surface area contributed by atoms with Crippen LogP contribution in [-0.4, -0.2) is 39.3 Å². The Morgan fingerprint density at radius 3 is 2.70 bits per heavy atom. The Balaban J connectivity index is 1.86. The van der Waals surface area contributed by atoms with Gasteiger partial charge < -0.3 is 9.64 Å². The number of ether oxygens (including phenoxy) is 1. The van der Waals surface area contributed by atoms with E-state index < -0.39 is 10.9 Å². The highest BCUT2D eigenvalue weighted by atomic mass is 35.5. The molecule has 3 rings (SSSR count). The van der Waals surface area contributed by atoms with Crippen LogP contribution < -0.4 is 0 Å². The highest BCUT2D eigenvalue weighted by Gasteiger charge is 2.29. The molecule has 1 aromatic heterocycles. The van der Waals surface area contributed by atoms with Crippen LogP contribution >= 0.6 is 22.9 Å². The molecular weight excluding hydrogens is 430 g/mol. The number of carbonyl (C=O) groups is 2. The molecule has 1 saturated carbocycles. The van der Waals surface area contributed by atoms with Gasteiger partial charge in [0.1, 0.15) is 5.01 Å². The molecule has 2 aromatic rings. The van der Waals surface area contributed by atoms with Gasteiger partial charge in [-0.1, -0.05) is 30.9 Å². The van der Waals surface area contributed by atoms with Crippen molar-refractivity contribution in [3.05, 3.63) is 55.0 Å². The van der Waals surface area contributed by atoms with Crippen LogP contribution in [0.15, 0.2) is 23.6 Å². The van der Waals surface area contributed by atoms with Crippen molar-refractivity contribution in [3.63, 3.8) is 0 Å². The summed E-state index contributed by atoms with van der Waals surface area (Å²) in [5, 5.41) is 13.3. The van der Waals surface area contributed by atoms with E-state index >= 15 is 0 Å². The zero-order chi connectivity index (χ0) is 21.7. The quantitative estimate of drug-likeness (QED) is 0.338. The number of amides is 1. The van der Waals surface area contributed by atoms with Crippen LogP contribution in [0.3, 0.4) is 0 Å². The maximum Gasteiger partial charge on any atom is 0.357 e. The summed E-state index contributed by atoms with van der Waals surface area (Å²) in [6, 6.07) is 3.88. The van der Waals surface area contributed by atoms with Crippen LogP contribution in [-0.2, 0) is 11.3 Å². The maximum atomic E-state index is 13.4. The maximum absolute atomic E-state index is 13.4. The van der Waals surface area contributed by atoms with E-state index in [4.69, 9.17) is 16.3 Å². The number of thiazole rings is 1. The zero-order valence-corrected chi connectivity index (χ0v) is 18.1. The van der Waals surface area contributed by atoms with Gasteiger partial charge in [-0.2, -0.15) is 0 Å². The lowest BCUT2D eigenvalue weighted by Crippen LogP contribution is -2.41. The molecule has 0 bridgehead atoms. The smallest absolute Gasteiger partial charge is 0.357 e. The molecule has 0 radical (unpaired) electrons. The number of rotatable bonds is 7. The molecule has 0 unspecified atom stereocenters. The first-order valence-electron chi connectivity index (χ1n) is 9.77. The SMILES string of the molecule is CCOC(=O)c1csc(CN(C(=O)c2ccc([N+](=O)[O-])cc2Cl)C2CCCCC2)n1. The average molecular weight is 452 g/mol. The number of nitro benzene ring substituents is 1. The summed E-state index contributed by atoms with van der Waals surface area (Å²) in [6.45, 7) is 2.22. The molecule has 10 heteroatoms. The summed E-state index contributed by atoms with van der Waals surface area (Å²) in [4.78, 5) is 41.7. The van der Waals surface area contributed by atoms with E-state index in [9.17, 15) is 19.7 Å². The van der Waals surface area contributed by atoms with E-state index in [2.05, 4.69) is 4.98 Å². The third-order valence-corrected chi connectivity index (χ3v) is 6.16. The average Bonchev–Trinajstić information content (AvgIpc) is 3.21. The second kappa shape index (κ2) is 9.99. The van der Waals surface area contributed by atoms with Crippen molar-refractivity contribution in [1.82, 2.24) is 9.88 Å². The van der Waals surface area contributed by atoms with Crippen LogP contribution in [0.5, 0.6) is 0 Å². The van der Waals surface area contributed by atoms with Gasteiger partial charge in [-0.25, -0.2) is 9.78 Å². The normalized spacial score (nSPS) is 14.3. The minimum absolute atomic E-state index is 0.0208. The Bertz CT molecular complexity index is 942. The fraction of sp³-hybridized carbons (Fsp3) is 0.450. The molecular formula is C20H22ClN3O5S. The lowest BCUT2D eigenvalue weighted by Gasteiger charge is -2.34. The van der Waals surface area contributed by atoms with Crippen LogP contribution in [0, 0.1) is 10.1 Å². The third kappa shape index (κ3) is 5.14. The molecule has 1 aromatic carbocycles. The topological polar surface area (TPSA) is 103 Å². The van der Waals surface area contributed by atoms with Crippen molar-refractivity contribution in [2.24, 2.45) is 0 Å². The molecule has 0 aliphatic heterocycles. The summed E-state index contributed by atoms with van der Waals surface area (Å²) >= 11 is 7.50. The monoisotopic (exact) mass is 451 g/mol. The van der Waals surface area contributed by atoms with Crippen molar-refractivity contribution in [1.29, 1.82) is 0 Å². The van der Waals surface area contributed by atoms with Gasteiger partial charge in [0.2, 0.25) is 0 Å². The van der Waals surface area contributed by atoms with Gasteiger partial charge in [-0.05, 0) is 25.8 Å². The highest BCUT2D eigenvalue weighted by Crippen LogP contribution is 2.29. The zero-order valence-electron chi connectivity index (χ0n) is 16.5. The van der Waals surface area contributed by atoms with E-state index in [1.165, 1.54) is 29.5 Å². The minimum atomic E-state index is -0.550. The van der Waals surface area contributed by atoms with Gasteiger partial charge >= 0.3 is 5.97 Å². The van der Waals surface area contributed by atoms with Gasteiger partial charge in [0, 0.05) is 23.6 Å². The summed E-state index contributed by atoms with van der Waals surface area (Å²) < 4.78 is 4.98. The predicted octanol–water partition coefficient (Wildman–Crippen LogP) is 4.86. The van der Waals surface area contributed by atoms with Crippen molar-refractivity contribution < 1.29 is 19.2 Å². The minimum Gasteiger partial charge on any atom is -0.461 e. The van der Waals surface area contributed by atoms with Crippen molar-refractivity contribution in [2.75, 3.05) is 6.61 Å². The summed E-state index contributed by atoms with van der Waals surface area (Å²) in [5.41, 5.74) is 0.274. The standard InChI is InChI=1S/C20H22ClN3O5S/c1-2-29-20(26)17-12-30-18(22-17)11-23(13-6-4-3-5-7-13)19(25)15-9-8-14(24(27)28)10-16(15)21/h8-10,12-13H,2-7,11H2,1H3. The molecule has 1 aliphatic rings. The Morgan fingerprint density at radius 2 is 2.07 bits per heavy atom. The number of nitro groups is 1. The predicted molar refractivity (Wildman–Crippen MR) is 113 cm³/mol. The fourth-order valence-electron chi connectivity index (χ4n) is 3.53. The van der Waals surface area contributed by atoms with E-state index in [1.54, 1.807) is 17.2 Å². The molecule has 1 amide bonds. The molecule has 1 heterocycles. The molecule has 0 saturated heterocycles. The van der Waals surface area contributed by atoms with Crippen LogP contribution in [0.2, 0.25) is 5.02 Å². The Morgan fingerprint density at radius 1 is 1.33 bits per heavy atom. The molecule has 1 aliphatic carbocycles. The van der Waals surface area contributed by atoms with E-state index in [0.29, 0.717) is 5.01 Å². The number of halogens is 1. The number of hydrogen-bond donors (Lipinski definition) is 0. The van der Waals surface area contributed by atoms with Gasteiger partial charge in [0.05, 0.1) is 28.7 Å². The Hall–Kier alpha value is -2.52. The first-order chi connectivity index (χ1) is 14.4. The largest absolute Gasteiger partial charge is 0.461 e. The summed E-state index contributed by atoms with van der Waals surface area (Å²) in [6.07, 6.45) is 4.91. The Kier molecular flexibility index (Phi) is 7.38. The molecule has 0 atom stereocenters. The van der Waals surface area contributed by atoms with Gasteiger partial charge in [0.25, 0.3) is 11.6 Å². The van der Waals surface area contributed by atoms with Crippen LogP contribution in [0.1, 0.15) is 64.9 Å². The summed E-state index contributed by atoms with van der Waals surface area (Å²) in [5.74, 6) is -0.788. The highest BCUT2D eigenvalue weighted by molar-refractivity contribution is 7.09. The number of benzene rings is 1. The first-order valence-corrected chi connectivity index (χ1v) is 11.0. The third-order valence-electron chi connectivity index (χ3n) is 5.01. The van der Waals surface area contributed by atoms with E-state index in [-0.39, 0.29) is 47.1 Å². The molecule has 160 valence electrons. The number of aromatic nitrogens is 1. The number of esters is 1. The first kappa shape index (κ1) is 22.2. The number of non-ortho nitro benzene ring substituents is 1. The fourth-order valence-corrected chi connectivity index (χ4v) is 4.55. The lowest BCUT2D eigenvalue weighted by molar-refractivity contribution is -0.384. The summed E-state index contributed by atoms with van der Waals surface area (Å²) in [7, 11) is 0. The van der Waals surface area contributed by atoms with Crippen molar-refractivity contribution in [3.8, 4) is 0 Å². The number of hydrogen-bond acceptors (Lipinski definition) is 7. The Labute approximate surface area is 183 Å². The molecule has 8 nitrogen and oxygen atoms in total.